The molecule has 3 heterocycles. The fraction of sp³-hybridized carbons (Fsp3) is 0.263. The maximum Gasteiger partial charge on any atom is 0.311 e. The number of hydrogen-bond donors (Lipinski definition) is 1. The first-order chi connectivity index (χ1) is 13.0. The first-order valence-electron chi connectivity index (χ1n) is 8.42. The van der Waals surface area contributed by atoms with Gasteiger partial charge in [0, 0.05) is 30.3 Å². The van der Waals surface area contributed by atoms with Gasteiger partial charge in [-0.25, -0.2) is 4.98 Å². The Morgan fingerprint density at radius 3 is 2.89 bits per heavy atom. The van der Waals surface area contributed by atoms with Crippen LogP contribution in [0.3, 0.4) is 0 Å². The minimum Gasteiger partial charge on any atom is -0.508 e. The van der Waals surface area contributed by atoms with Crippen molar-refractivity contribution in [3.63, 3.8) is 0 Å². The number of aryl methyl sites for hydroxylation is 1. The SMILES string of the molecule is Cc1ccc([N+](=O)[O-])c(N2CCC3(C2)ON=C3C#Cc2cccc(O)c2)n1. The lowest BCUT2D eigenvalue weighted by Crippen LogP contribution is -2.49. The molecule has 8 nitrogen and oxygen atoms in total. The summed E-state index contributed by atoms with van der Waals surface area (Å²) in [5.41, 5.74) is 1.29. The van der Waals surface area contributed by atoms with Gasteiger partial charge in [0.1, 0.15) is 5.75 Å². The highest BCUT2D eigenvalue weighted by atomic mass is 16.7. The molecule has 27 heavy (non-hydrogen) atoms. The summed E-state index contributed by atoms with van der Waals surface area (Å²) >= 11 is 0. The van der Waals surface area contributed by atoms with Crippen LogP contribution in [0.1, 0.15) is 17.7 Å². The topological polar surface area (TPSA) is 101 Å². The summed E-state index contributed by atoms with van der Waals surface area (Å²) in [6.45, 7) is 2.76. The fourth-order valence-electron chi connectivity index (χ4n) is 3.21. The van der Waals surface area contributed by atoms with Crippen molar-refractivity contribution in [2.24, 2.45) is 5.16 Å². The average molecular weight is 364 g/mol. The molecule has 0 radical (unpaired) electrons. The lowest BCUT2D eigenvalue weighted by molar-refractivity contribution is -0.384. The zero-order valence-electron chi connectivity index (χ0n) is 14.5. The molecule has 2 aliphatic rings. The summed E-state index contributed by atoms with van der Waals surface area (Å²) in [4.78, 5) is 22.6. The van der Waals surface area contributed by atoms with Gasteiger partial charge in [-0.1, -0.05) is 17.1 Å². The molecule has 0 aliphatic carbocycles. The van der Waals surface area contributed by atoms with E-state index < -0.39 is 10.5 Å². The molecule has 1 fully saturated rings. The summed E-state index contributed by atoms with van der Waals surface area (Å²) < 4.78 is 0. The van der Waals surface area contributed by atoms with Crippen molar-refractivity contribution in [3.05, 3.63) is 57.8 Å². The molecule has 0 saturated carbocycles. The standard InChI is InChI=1S/C19H16N4O4/c1-13-5-7-16(23(25)26)18(20-13)22-10-9-19(12-22)17(21-27-19)8-6-14-3-2-4-15(24)11-14/h2-5,7,11,24H,9-10,12H2,1H3. The Labute approximate surface area is 155 Å². The first kappa shape index (κ1) is 16.8. The van der Waals surface area contributed by atoms with Crippen LogP contribution in [0.2, 0.25) is 0 Å². The fourth-order valence-corrected chi connectivity index (χ4v) is 3.21. The van der Waals surface area contributed by atoms with Crippen LogP contribution in [0.5, 0.6) is 5.75 Å². The van der Waals surface area contributed by atoms with Crippen LogP contribution >= 0.6 is 0 Å². The molecule has 8 heteroatoms. The van der Waals surface area contributed by atoms with Crippen LogP contribution in [0.15, 0.2) is 41.6 Å². The van der Waals surface area contributed by atoms with Crippen molar-refractivity contribution in [3.8, 4) is 17.6 Å². The third-order valence-electron chi connectivity index (χ3n) is 4.64. The van der Waals surface area contributed by atoms with Gasteiger partial charge in [-0.05, 0) is 37.1 Å². The third-order valence-corrected chi connectivity index (χ3v) is 4.64. The Morgan fingerprint density at radius 2 is 2.19 bits per heavy atom. The highest BCUT2D eigenvalue weighted by Crippen LogP contribution is 2.38. The lowest BCUT2D eigenvalue weighted by Gasteiger charge is -2.32. The Balaban J connectivity index is 1.56. The van der Waals surface area contributed by atoms with E-state index in [1.807, 2.05) is 4.90 Å². The van der Waals surface area contributed by atoms with E-state index >= 15 is 0 Å². The van der Waals surface area contributed by atoms with E-state index in [0.29, 0.717) is 42.3 Å². The number of phenolic OH excluding ortho intramolecular Hbond substituents is 1. The molecule has 1 N–H and O–H groups in total. The second-order valence-corrected chi connectivity index (χ2v) is 6.55. The van der Waals surface area contributed by atoms with Gasteiger partial charge in [-0.2, -0.15) is 0 Å². The summed E-state index contributed by atoms with van der Waals surface area (Å²) in [6, 6.07) is 9.75. The number of rotatable bonds is 2. The minimum atomic E-state index is -0.664. The number of benzene rings is 1. The molecule has 0 amide bonds. The number of hydrogen-bond acceptors (Lipinski definition) is 7. The highest BCUT2D eigenvalue weighted by Gasteiger charge is 2.52. The summed E-state index contributed by atoms with van der Waals surface area (Å²) in [6.07, 6.45) is 0.618. The van der Waals surface area contributed by atoms with Crippen LogP contribution in [-0.2, 0) is 4.84 Å². The highest BCUT2D eigenvalue weighted by molar-refractivity contribution is 6.09. The third kappa shape index (κ3) is 3.04. The van der Waals surface area contributed by atoms with E-state index in [1.165, 1.54) is 6.07 Å². The quantitative estimate of drug-likeness (QED) is 0.499. The monoisotopic (exact) mass is 364 g/mol. The van der Waals surface area contributed by atoms with E-state index in [2.05, 4.69) is 22.0 Å². The number of phenols is 1. The number of nitrogens with zero attached hydrogens (tertiary/aromatic N) is 4. The van der Waals surface area contributed by atoms with Crippen LogP contribution in [0.25, 0.3) is 0 Å². The Bertz CT molecular complexity index is 1020. The van der Waals surface area contributed by atoms with E-state index in [9.17, 15) is 15.2 Å². The maximum absolute atomic E-state index is 11.3. The summed E-state index contributed by atoms with van der Waals surface area (Å²) in [5.74, 6) is 6.45. The van der Waals surface area contributed by atoms with Crippen molar-refractivity contribution in [2.45, 2.75) is 18.9 Å². The maximum atomic E-state index is 11.3. The van der Waals surface area contributed by atoms with Crippen molar-refractivity contribution in [2.75, 3.05) is 18.0 Å². The van der Waals surface area contributed by atoms with Crippen LogP contribution in [-0.4, -0.2) is 39.4 Å². The minimum absolute atomic E-state index is 0.0266. The number of pyridine rings is 1. The number of anilines is 1. The number of aromatic hydroxyl groups is 1. The zero-order chi connectivity index (χ0) is 19.0. The lowest BCUT2D eigenvalue weighted by atomic mass is 9.94. The second-order valence-electron chi connectivity index (χ2n) is 6.55. The summed E-state index contributed by atoms with van der Waals surface area (Å²) in [5, 5.41) is 24.8. The second kappa shape index (κ2) is 6.29. The van der Waals surface area contributed by atoms with Gasteiger partial charge in [0.05, 0.1) is 11.5 Å². The molecule has 4 rings (SSSR count). The van der Waals surface area contributed by atoms with E-state index in [-0.39, 0.29) is 11.4 Å². The largest absolute Gasteiger partial charge is 0.508 e. The van der Waals surface area contributed by atoms with Gasteiger partial charge in [0.25, 0.3) is 0 Å². The summed E-state index contributed by atoms with van der Waals surface area (Å²) in [7, 11) is 0. The van der Waals surface area contributed by atoms with Crippen molar-refractivity contribution in [1.82, 2.24) is 4.98 Å². The Morgan fingerprint density at radius 1 is 1.33 bits per heavy atom. The van der Waals surface area contributed by atoms with E-state index in [0.717, 1.165) is 0 Å². The molecule has 2 aliphatic heterocycles. The molecular weight excluding hydrogens is 348 g/mol. The predicted octanol–water partition coefficient (Wildman–Crippen LogP) is 2.39. The molecule has 1 unspecified atom stereocenters. The van der Waals surface area contributed by atoms with Crippen molar-refractivity contribution >= 4 is 17.2 Å². The van der Waals surface area contributed by atoms with Gasteiger partial charge in [-0.15, -0.1) is 0 Å². The molecule has 1 spiro atoms. The Hall–Kier alpha value is -3.60. The average Bonchev–Trinajstić information content (AvgIpc) is 3.08. The van der Waals surface area contributed by atoms with E-state index in [1.54, 1.807) is 37.3 Å². The normalized spacial score (nSPS) is 20.3. The molecule has 1 atom stereocenters. The zero-order valence-corrected chi connectivity index (χ0v) is 14.5. The van der Waals surface area contributed by atoms with E-state index in [4.69, 9.17) is 4.84 Å². The van der Waals surface area contributed by atoms with Gasteiger partial charge in [0.15, 0.2) is 5.71 Å². The van der Waals surface area contributed by atoms with Gasteiger partial charge < -0.3 is 14.8 Å². The smallest absolute Gasteiger partial charge is 0.311 e. The predicted molar refractivity (Wildman–Crippen MR) is 98.7 cm³/mol. The van der Waals surface area contributed by atoms with Crippen molar-refractivity contribution < 1.29 is 14.9 Å². The number of aromatic nitrogens is 1. The van der Waals surface area contributed by atoms with Gasteiger partial charge in [-0.3, -0.25) is 10.1 Å². The van der Waals surface area contributed by atoms with Crippen LogP contribution in [0.4, 0.5) is 11.5 Å². The van der Waals surface area contributed by atoms with Crippen molar-refractivity contribution in [1.29, 1.82) is 0 Å². The molecule has 2 aromatic rings. The van der Waals surface area contributed by atoms with Crippen LogP contribution < -0.4 is 4.90 Å². The number of oxime groups is 1. The first-order valence-corrected chi connectivity index (χ1v) is 8.42. The molecule has 1 aromatic heterocycles. The number of nitro groups is 1. The Kier molecular flexibility index (Phi) is 3.92. The molecule has 136 valence electrons. The van der Waals surface area contributed by atoms with Crippen LogP contribution in [0, 0.1) is 28.9 Å². The molecule has 1 saturated heterocycles. The van der Waals surface area contributed by atoms with Gasteiger partial charge >= 0.3 is 5.69 Å². The molecular formula is C19H16N4O4. The molecule has 0 bridgehead atoms. The van der Waals surface area contributed by atoms with Gasteiger partial charge in [0.2, 0.25) is 11.4 Å². The molecule has 1 aromatic carbocycles.